The molecule has 0 aliphatic carbocycles. The molecular formula is C20H19NO4. The number of aryl methyl sites for hydroxylation is 2. The number of hydrogen-bond acceptors (Lipinski definition) is 4. The zero-order valence-corrected chi connectivity index (χ0v) is 14.2. The van der Waals surface area contributed by atoms with Crippen LogP contribution >= 0.6 is 0 Å². The second kappa shape index (κ2) is 7.21. The van der Waals surface area contributed by atoms with Crippen LogP contribution in [0.2, 0.25) is 0 Å². The minimum absolute atomic E-state index is 0.133. The van der Waals surface area contributed by atoms with Crippen LogP contribution in [0.5, 0.6) is 5.75 Å². The van der Waals surface area contributed by atoms with Gasteiger partial charge in [0.2, 0.25) is 0 Å². The monoisotopic (exact) mass is 337 g/mol. The van der Waals surface area contributed by atoms with Crippen LogP contribution in [0.15, 0.2) is 48.0 Å². The molecule has 0 radical (unpaired) electrons. The number of carbonyl (C=O) groups excluding carboxylic acids is 2. The van der Waals surface area contributed by atoms with Gasteiger partial charge in [-0.2, -0.15) is 0 Å². The largest absolute Gasteiger partial charge is 0.488 e. The number of carbonyl (C=O) groups is 2. The normalized spacial score (nSPS) is 12.5. The van der Waals surface area contributed by atoms with E-state index in [1.165, 1.54) is 0 Å². The first-order valence-corrected chi connectivity index (χ1v) is 7.99. The van der Waals surface area contributed by atoms with Crippen molar-refractivity contribution >= 4 is 23.6 Å². The molecule has 2 aromatic carbocycles. The first-order chi connectivity index (χ1) is 12.0. The van der Waals surface area contributed by atoms with Crippen LogP contribution < -0.4 is 10.1 Å². The van der Waals surface area contributed by atoms with Gasteiger partial charge in [0.05, 0.1) is 5.57 Å². The van der Waals surface area contributed by atoms with Gasteiger partial charge in [0.1, 0.15) is 12.4 Å². The number of esters is 1. The standard InChI is InChI=1S/C20H19NO4/c1-13-7-14(2)9-17(8-13)21-19(22)12-25-20(23)16-10-15-5-3-4-6-18(15)24-11-16/h3-10H,11-12H2,1-2H3,(H,21,22). The third-order valence-corrected chi connectivity index (χ3v) is 3.73. The topological polar surface area (TPSA) is 64.6 Å². The fraction of sp³-hybridized carbons (Fsp3) is 0.200. The summed E-state index contributed by atoms with van der Waals surface area (Å²) in [5.41, 5.74) is 4.00. The molecule has 0 unspecified atom stereocenters. The lowest BCUT2D eigenvalue weighted by molar-refractivity contribution is -0.143. The van der Waals surface area contributed by atoms with Gasteiger partial charge in [0.15, 0.2) is 6.61 Å². The molecule has 0 spiro atoms. The van der Waals surface area contributed by atoms with Crippen molar-refractivity contribution in [2.45, 2.75) is 13.8 Å². The lowest BCUT2D eigenvalue weighted by atomic mass is 10.1. The van der Waals surface area contributed by atoms with Crippen LogP contribution in [0.3, 0.4) is 0 Å². The molecular weight excluding hydrogens is 318 g/mol. The molecule has 25 heavy (non-hydrogen) atoms. The highest BCUT2D eigenvalue weighted by molar-refractivity contribution is 5.98. The van der Waals surface area contributed by atoms with E-state index in [0.717, 1.165) is 22.4 Å². The molecule has 1 N–H and O–H groups in total. The molecule has 0 saturated carbocycles. The van der Waals surface area contributed by atoms with E-state index >= 15 is 0 Å². The lowest BCUT2D eigenvalue weighted by Gasteiger charge is -2.16. The molecule has 1 aliphatic rings. The Morgan fingerprint density at radius 3 is 2.60 bits per heavy atom. The Labute approximate surface area is 146 Å². The predicted molar refractivity (Wildman–Crippen MR) is 95.4 cm³/mol. The fourth-order valence-electron chi connectivity index (χ4n) is 2.70. The van der Waals surface area contributed by atoms with Crippen LogP contribution in [0.1, 0.15) is 16.7 Å². The van der Waals surface area contributed by atoms with Crippen molar-refractivity contribution in [2.24, 2.45) is 0 Å². The van der Waals surface area contributed by atoms with E-state index in [4.69, 9.17) is 9.47 Å². The summed E-state index contributed by atoms with van der Waals surface area (Å²) in [6.07, 6.45) is 1.73. The van der Waals surface area contributed by atoms with E-state index in [1.807, 2.05) is 56.3 Å². The Morgan fingerprint density at radius 2 is 1.84 bits per heavy atom. The van der Waals surface area contributed by atoms with Gasteiger partial charge in [-0.3, -0.25) is 4.79 Å². The van der Waals surface area contributed by atoms with Gasteiger partial charge in [0, 0.05) is 11.3 Å². The molecule has 1 aliphatic heterocycles. The minimum atomic E-state index is -0.551. The third-order valence-electron chi connectivity index (χ3n) is 3.73. The molecule has 128 valence electrons. The quantitative estimate of drug-likeness (QED) is 0.870. The van der Waals surface area contributed by atoms with Gasteiger partial charge in [0.25, 0.3) is 5.91 Å². The van der Waals surface area contributed by atoms with Gasteiger partial charge in [-0.1, -0.05) is 24.3 Å². The summed E-state index contributed by atoms with van der Waals surface area (Å²) in [7, 11) is 0. The van der Waals surface area contributed by atoms with Crippen LogP contribution in [0.25, 0.3) is 6.08 Å². The highest BCUT2D eigenvalue weighted by Crippen LogP contribution is 2.26. The molecule has 0 saturated heterocycles. The van der Waals surface area contributed by atoms with Crippen molar-refractivity contribution in [3.05, 3.63) is 64.7 Å². The number of para-hydroxylation sites is 1. The van der Waals surface area contributed by atoms with Crippen molar-refractivity contribution in [1.29, 1.82) is 0 Å². The highest BCUT2D eigenvalue weighted by atomic mass is 16.5. The van der Waals surface area contributed by atoms with Gasteiger partial charge in [-0.15, -0.1) is 0 Å². The van der Waals surface area contributed by atoms with Crippen LogP contribution in [-0.2, 0) is 14.3 Å². The summed E-state index contributed by atoms with van der Waals surface area (Å²) in [6.45, 7) is 3.70. The Morgan fingerprint density at radius 1 is 1.12 bits per heavy atom. The Bertz CT molecular complexity index is 834. The molecule has 5 heteroatoms. The van der Waals surface area contributed by atoms with E-state index in [-0.39, 0.29) is 19.1 Å². The summed E-state index contributed by atoms with van der Waals surface area (Å²) in [5, 5.41) is 2.73. The minimum Gasteiger partial charge on any atom is -0.488 e. The molecule has 1 amide bonds. The molecule has 0 bridgehead atoms. The molecule has 0 atom stereocenters. The number of ether oxygens (including phenoxy) is 2. The van der Waals surface area contributed by atoms with E-state index in [2.05, 4.69) is 5.32 Å². The molecule has 0 aromatic heterocycles. The summed E-state index contributed by atoms with van der Waals surface area (Å²) in [4.78, 5) is 24.1. The molecule has 3 rings (SSSR count). The number of anilines is 1. The van der Waals surface area contributed by atoms with E-state index < -0.39 is 5.97 Å². The molecule has 5 nitrogen and oxygen atoms in total. The smallest absolute Gasteiger partial charge is 0.338 e. The van der Waals surface area contributed by atoms with Crippen LogP contribution in [0, 0.1) is 13.8 Å². The molecule has 2 aromatic rings. The van der Waals surface area contributed by atoms with E-state index in [9.17, 15) is 9.59 Å². The van der Waals surface area contributed by atoms with Crippen molar-refractivity contribution in [2.75, 3.05) is 18.5 Å². The van der Waals surface area contributed by atoms with Crippen molar-refractivity contribution in [1.82, 2.24) is 0 Å². The van der Waals surface area contributed by atoms with E-state index in [1.54, 1.807) is 6.08 Å². The van der Waals surface area contributed by atoms with Crippen LogP contribution in [0.4, 0.5) is 5.69 Å². The maximum atomic E-state index is 12.1. The zero-order chi connectivity index (χ0) is 17.8. The van der Waals surface area contributed by atoms with Gasteiger partial charge in [-0.25, -0.2) is 4.79 Å². The third kappa shape index (κ3) is 4.26. The number of nitrogens with one attached hydrogen (secondary N) is 1. The summed E-state index contributed by atoms with van der Waals surface area (Å²) in [5.74, 6) is -0.201. The maximum absolute atomic E-state index is 12.1. The van der Waals surface area contributed by atoms with Crippen LogP contribution in [-0.4, -0.2) is 25.1 Å². The second-order valence-electron chi connectivity index (χ2n) is 6.00. The molecule has 1 heterocycles. The van der Waals surface area contributed by atoms with E-state index in [0.29, 0.717) is 11.3 Å². The summed E-state index contributed by atoms with van der Waals surface area (Å²) >= 11 is 0. The first kappa shape index (κ1) is 16.8. The van der Waals surface area contributed by atoms with Crippen molar-refractivity contribution in [3.8, 4) is 5.75 Å². The Hall–Kier alpha value is -3.08. The number of rotatable bonds is 4. The lowest BCUT2D eigenvalue weighted by Crippen LogP contribution is -2.24. The average molecular weight is 337 g/mol. The Balaban J connectivity index is 1.57. The maximum Gasteiger partial charge on any atom is 0.338 e. The predicted octanol–water partition coefficient (Wildman–Crippen LogP) is 3.26. The first-order valence-electron chi connectivity index (χ1n) is 7.99. The zero-order valence-electron chi connectivity index (χ0n) is 14.2. The highest BCUT2D eigenvalue weighted by Gasteiger charge is 2.19. The van der Waals surface area contributed by atoms with Gasteiger partial charge < -0.3 is 14.8 Å². The van der Waals surface area contributed by atoms with Crippen molar-refractivity contribution in [3.63, 3.8) is 0 Å². The number of fused-ring (bicyclic) bond motifs is 1. The molecule has 0 fully saturated rings. The summed E-state index contributed by atoms with van der Waals surface area (Å²) < 4.78 is 10.6. The van der Waals surface area contributed by atoms with Crippen molar-refractivity contribution < 1.29 is 19.1 Å². The van der Waals surface area contributed by atoms with Gasteiger partial charge >= 0.3 is 5.97 Å². The number of amides is 1. The number of benzene rings is 2. The SMILES string of the molecule is Cc1cc(C)cc(NC(=O)COC(=O)C2=Cc3ccccc3OC2)c1. The summed E-state index contributed by atoms with van der Waals surface area (Å²) in [6, 6.07) is 13.2. The Kier molecular flexibility index (Phi) is 4.84. The van der Waals surface area contributed by atoms with Gasteiger partial charge in [-0.05, 0) is 49.2 Å². The second-order valence-corrected chi connectivity index (χ2v) is 6.00. The average Bonchev–Trinajstić information content (AvgIpc) is 2.58. The number of hydrogen-bond donors (Lipinski definition) is 1. The fourth-order valence-corrected chi connectivity index (χ4v) is 2.70.